The number of rotatable bonds is 10. The largest absolute Gasteiger partial charge is 0.488 e. The lowest BCUT2D eigenvalue weighted by Gasteiger charge is -2.41. The number of urea groups is 2. The Morgan fingerprint density at radius 2 is 1.91 bits per heavy atom. The third kappa shape index (κ3) is 6.49. The summed E-state index contributed by atoms with van der Waals surface area (Å²) >= 11 is 5.97. The number of hydrogen-bond acceptors (Lipinski definition) is 5. The van der Waals surface area contributed by atoms with Gasteiger partial charge in [-0.05, 0) is 56.5 Å². The second kappa shape index (κ2) is 11.2. The average molecular weight is 479 g/mol. The molecular weight excluding hydrogens is 451 g/mol. The fourth-order valence-corrected chi connectivity index (χ4v) is 3.49. The van der Waals surface area contributed by atoms with Crippen molar-refractivity contribution in [1.29, 1.82) is 0 Å². The Morgan fingerprint density at radius 3 is 2.55 bits per heavy atom. The number of ether oxygens (including phenoxy) is 1. The maximum absolute atomic E-state index is 14.5. The van der Waals surface area contributed by atoms with E-state index in [2.05, 4.69) is 10.6 Å². The Hall–Kier alpha value is -3.04. The van der Waals surface area contributed by atoms with Crippen molar-refractivity contribution in [3.63, 3.8) is 0 Å². The molecule has 0 spiro atoms. The quantitative estimate of drug-likeness (QED) is 0.440. The summed E-state index contributed by atoms with van der Waals surface area (Å²) in [5.74, 6) is -0.440. The van der Waals surface area contributed by atoms with Crippen LogP contribution in [0.15, 0.2) is 42.5 Å². The highest BCUT2D eigenvalue weighted by atomic mass is 35.5. The number of aliphatic hydroxyl groups is 1. The van der Waals surface area contributed by atoms with Gasteiger partial charge in [-0.2, -0.15) is 0 Å². The number of nitrogens with zero attached hydrogens (tertiary/aromatic N) is 2. The van der Waals surface area contributed by atoms with E-state index in [0.717, 1.165) is 10.5 Å². The number of unbranched alkanes of at least 4 members (excludes halogenated alkanes) is 1. The van der Waals surface area contributed by atoms with E-state index in [0.29, 0.717) is 23.6 Å². The minimum Gasteiger partial charge on any atom is -0.488 e. The maximum Gasteiger partial charge on any atom is 0.331 e. The molecule has 33 heavy (non-hydrogen) atoms. The molecule has 1 heterocycles. The maximum atomic E-state index is 14.5. The lowest BCUT2D eigenvalue weighted by atomic mass is 10.2. The summed E-state index contributed by atoms with van der Waals surface area (Å²) in [6, 6.07) is 10.3. The van der Waals surface area contributed by atoms with Crippen LogP contribution in [0.3, 0.4) is 0 Å². The van der Waals surface area contributed by atoms with Crippen molar-refractivity contribution in [2.75, 3.05) is 18.5 Å². The summed E-state index contributed by atoms with van der Waals surface area (Å²) < 4.78 is 19.9. The van der Waals surface area contributed by atoms with Crippen molar-refractivity contribution in [2.24, 2.45) is 0 Å². The van der Waals surface area contributed by atoms with E-state index >= 15 is 0 Å². The Morgan fingerprint density at radius 1 is 1.18 bits per heavy atom. The molecule has 1 unspecified atom stereocenters. The Labute approximate surface area is 197 Å². The van der Waals surface area contributed by atoms with Crippen molar-refractivity contribution >= 4 is 29.4 Å². The molecule has 3 N–H and O–H groups in total. The molecule has 0 bridgehead atoms. The van der Waals surface area contributed by atoms with Gasteiger partial charge in [-0.3, -0.25) is 10.2 Å². The van der Waals surface area contributed by atoms with Crippen LogP contribution in [0.4, 0.5) is 19.7 Å². The first-order chi connectivity index (χ1) is 15.8. The summed E-state index contributed by atoms with van der Waals surface area (Å²) in [6.07, 6.45) is -0.142. The number of carbonyl (C=O) groups is 2. The fourth-order valence-electron chi connectivity index (χ4n) is 3.36. The third-order valence-electron chi connectivity index (χ3n) is 4.95. The molecule has 2 aromatic rings. The van der Waals surface area contributed by atoms with Gasteiger partial charge in [-0.1, -0.05) is 23.7 Å². The number of hydrogen-bond donors (Lipinski definition) is 3. The predicted octanol–water partition coefficient (Wildman–Crippen LogP) is 4.38. The zero-order chi connectivity index (χ0) is 24.0. The van der Waals surface area contributed by atoms with Crippen molar-refractivity contribution in [1.82, 2.24) is 15.1 Å². The normalized spacial score (nSPS) is 16.2. The van der Waals surface area contributed by atoms with Crippen LogP contribution < -0.4 is 15.4 Å². The zero-order valence-corrected chi connectivity index (χ0v) is 19.3. The van der Waals surface area contributed by atoms with Crippen LogP contribution in [0.2, 0.25) is 5.02 Å². The first-order valence-corrected chi connectivity index (χ1v) is 11.1. The number of carbonyl (C=O) groups excluding carboxylic acids is 2. The Balaban J connectivity index is 1.82. The summed E-state index contributed by atoms with van der Waals surface area (Å²) in [5, 5.41) is 15.4. The molecule has 1 aliphatic rings. The number of halogens is 2. The van der Waals surface area contributed by atoms with Gasteiger partial charge >= 0.3 is 12.1 Å². The van der Waals surface area contributed by atoms with Crippen LogP contribution in [-0.2, 0) is 6.54 Å². The highest BCUT2D eigenvalue weighted by Crippen LogP contribution is 2.24. The van der Waals surface area contributed by atoms with E-state index in [4.69, 9.17) is 21.4 Å². The smallest absolute Gasteiger partial charge is 0.331 e. The van der Waals surface area contributed by atoms with Gasteiger partial charge in [0.2, 0.25) is 0 Å². The van der Waals surface area contributed by atoms with E-state index in [1.54, 1.807) is 44.2 Å². The molecule has 4 amide bonds. The van der Waals surface area contributed by atoms with E-state index in [1.165, 1.54) is 17.0 Å². The molecule has 10 heteroatoms. The molecular formula is C23H28ClFN4O4. The van der Waals surface area contributed by atoms with E-state index in [1.807, 2.05) is 0 Å². The molecule has 0 aliphatic carbocycles. The number of imide groups is 1. The number of anilines is 1. The van der Waals surface area contributed by atoms with Gasteiger partial charge < -0.3 is 15.2 Å². The highest BCUT2D eigenvalue weighted by Gasteiger charge is 2.38. The Kier molecular flexibility index (Phi) is 8.35. The SMILES string of the molecule is CC(C)Oc1ccc(NC2NC(=O)N(CCCCO)C(=O)N2Cc2ccc(Cl)cc2)cc1F. The molecule has 3 rings (SSSR count). The molecule has 1 atom stereocenters. The zero-order valence-electron chi connectivity index (χ0n) is 18.6. The molecule has 1 fully saturated rings. The average Bonchev–Trinajstić information content (AvgIpc) is 2.76. The molecule has 0 saturated carbocycles. The lowest BCUT2D eigenvalue weighted by Crippen LogP contribution is -2.67. The number of aliphatic hydroxyl groups excluding tert-OH is 1. The van der Waals surface area contributed by atoms with Crippen LogP contribution in [0.1, 0.15) is 32.3 Å². The minimum absolute atomic E-state index is 0.0234. The van der Waals surface area contributed by atoms with Gasteiger partial charge in [-0.25, -0.2) is 18.9 Å². The lowest BCUT2D eigenvalue weighted by molar-refractivity contribution is 0.105. The molecule has 8 nitrogen and oxygen atoms in total. The van der Waals surface area contributed by atoms with Gasteiger partial charge in [0.25, 0.3) is 0 Å². The number of benzene rings is 2. The van der Waals surface area contributed by atoms with Crippen LogP contribution >= 0.6 is 11.6 Å². The van der Waals surface area contributed by atoms with Crippen molar-refractivity contribution in [3.05, 3.63) is 58.9 Å². The van der Waals surface area contributed by atoms with Gasteiger partial charge in [0, 0.05) is 29.9 Å². The highest BCUT2D eigenvalue weighted by molar-refractivity contribution is 6.30. The van der Waals surface area contributed by atoms with Crippen molar-refractivity contribution in [3.8, 4) is 5.75 Å². The van der Waals surface area contributed by atoms with Gasteiger partial charge in [0.05, 0.1) is 12.6 Å². The molecule has 1 saturated heterocycles. The molecule has 2 aromatic carbocycles. The summed E-state index contributed by atoms with van der Waals surface area (Å²) in [6.45, 7) is 3.93. The van der Waals surface area contributed by atoms with E-state index < -0.39 is 24.2 Å². The van der Waals surface area contributed by atoms with Crippen LogP contribution in [0.25, 0.3) is 0 Å². The summed E-state index contributed by atoms with van der Waals surface area (Å²) in [5.41, 5.74) is 1.18. The monoisotopic (exact) mass is 478 g/mol. The summed E-state index contributed by atoms with van der Waals surface area (Å²) in [4.78, 5) is 28.4. The van der Waals surface area contributed by atoms with E-state index in [9.17, 15) is 14.0 Å². The predicted molar refractivity (Wildman–Crippen MR) is 124 cm³/mol. The first-order valence-electron chi connectivity index (χ1n) is 10.7. The fraction of sp³-hybridized carbons (Fsp3) is 0.391. The molecule has 0 radical (unpaired) electrons. The third-order valence-corrected chi connectivity index (χ3v) is 5.20. The first kappa shape index (κ1) is 24.6. The van der Waals surface area contributed by atoms with Gasteiger partial charge in [0.15, 0.2) is 17.9 Å². The molecule has 0 aromatic heterocycles. The van der Waals surface area contributed by atoms with Gasteiger partial charge in [-0.15, -0.1) is 0 Å². The second-order valence-corrected chi connectivity index (χ2v) is 8.36. The standard InChI is InChI=1S/C23H28ClFN4O4/c1-15(2)33-20-10-9-18(13-19(20)25)26-21-27-22(31)28(11-3-4-12-30)23(32)29(21)14-16-5-7-17(24)8-6-16/h5-10,13,15,21,26,30H,3-4,11-12,14H2,1-2H3,(H,27,31). The van der Waals surface area contributed by atoms with Crippen LogP contribution in [0.5, 0.6) is 5.75 Å². The topological polar surface area (TPSA) is 94.1 Å². The van der Waals surface area contributed by atoms with E-state index in [-0.39, 0.29) is 31.5 Å². The molecule has 1 aliphatic heterocycles. The van der Waals surface area contributed by atoms with Crippen molar-refractivity contribution in [2.45, 2.75) is 45.6 Å². The van der Waals surface area contributed by atoms with Crippen molar-refractivity contribution < 1.29 is 23.8 Å². The number of amides is 4. The van der Waals surface area contributed by atoms with Crippen LogP contribution in [-0.4, -0.2) is 52.5 Å². The van der Waals surface area contributed by atoms with Gasteiger partial charge in [0.1, 0.15) is 0 Å². The van der Waals surface area contributed by atoms with Crippen LogP contribution in [0, 0.1) is 5.82 Å². The minimum atomic E-state index is -0.911. The second-order valence-electron chi connectivity index (χ2n) is 7.93. The summed E-state index contributed by atoms with van der Waals surface area (Å²) in [7, 11) is 0. The molecule has 178 valence electrons. The number of nitrogens with one attached hydrogen (secondary N) is 2. The Bertz CT molecular complexity index is 973.